The van der Waals surface area contributed by atoms with Crippen LogP contribution in [0, 0.1) is 64.1 Å². The third-order valence-electron chi connectivity index (χ3n) is 13.5. The molecule has 0 spiro atoms. The lowest BCUT2D eigenvalue weighted by Crippen LogP contribution is -2.61. The van der Waals surface area contributed by atoms with Crippen LogP contribution in [-0.2, 0) is 10.2 Å². The maximum absolute atomic E-state index is 12.5. The lowest BCUT2D eigenvalue weighted by Gasteiger charge is -2.64. The SMILES string of the molecule is CC[C@H]1[C@@H](O)[C@@H]2[C@H](CC[C@]3(C)[C@@H]([C@H](C)CCNC(=O)NS(=O)(=O)N4CC5CC5C4)CC[C@@H]23)[C@@]2(C)CCCC[C@@H]12. The smallest absolute Gasteiger partial charge is 0.329 e. The highest BCUT2D eigenvalue weighted by atomic mass is 32.2. The van der Waals surface area contributed by atoms with Gasteiger partial charge in [-0.05, 0) is 115 Å². The van der Waals surface area contributed by atoms with Crippen LogP contribution in [-0.4, -0.2) is 49.6 Å². The summed E-state index contributed by atoms with van der Waals surface area (Å²) >= 11 is 0. The van der Waals surface area contributed by atoms with Gasteiger partial charge in [-0.1, -0.05) is 47.0 Å². The second kappa shape index (κ2) is 10.1. The maximum atomic E-state index is 12.5. The molecule has 39 heavy (non-hydrogen) atoms. The molecule has 5 saturated carbocycles. The van der Waals surface area contributed by atoms with Gasteiger partial charge in [0.1, 0.15) is 0 Å². The molecule has 2 amide bonds. The number of piperidine rings is 1. The van der Waals surface area contributed by atoms with Crippen LogP contribution in [0.2, 0.25) is 0 Å². The zero-order chi connectivity index (χ0) is 27.7. The zero-order valence-electron chi connectivity index (χ0n) is 24.7. The van der Waals surface area contributed by atoms with Crippen molar-refractivity contribution in [2.75, 3.05) is 19.6 Å². The second-order valence-electron chi connectivity index (χ2n) is 15.1. The fourth-order valence-corrected chi connectivity index (χ4v) is 12.6. The average Bonchev–Trinajstić information content (AvgIpc) is 3.31. The van der Waals surface area contributed by atoms with E-state index in [-0.39, 0.29) is 11.5 Å². The number of aliphatic hydroxyl groups is 1. The minimum atomic E-state index is -3.74. The van der Waals surface area contributed by atoms with Crippen molar-refractivity contribution in [1.82, 2.24) is 14.3 Å². The molecule has 3 N–H and O–H groups in total. The number of fused-ring (bicyclic) bond motifs is 6. The number of hydrogen-bond acceptors (Lipinski definition) is 4. The Morgan fingerprint density at radius 3 is 2.44 bits per heavy atom. The molecule has 6 rings (SSSR count). The van der Waals surface area contributed by atoms with Gasteiger partial charge in [-0.25, -0.2) is 9.52 Å². The lowest BCUT2D eigenvalue weighted by molar-refractivity contribution is -0.194. The molecule has 8 heteroatoms. The molecule has 6 fully saturated rings. The number of amides is 2. The number of hydrogen-bond donors (Lipinski definition) is 3. The molecule has 12 atom stereocenters. The van der Waals surface area contributed by atoms with Crippen molar-refractivity contribution >= 4 is 16.2 Å². The van der Waals surface area contributed by atoms with Crippen molar-refractivity contribution in [3.8, 4) is 0 Å². The Morgan fingerprint density at radius 1 is 1.00 bits per heavy atom. The van der Waals surface area contributed by atoms with Gasteiger partial charge in [-0.2, -0.15) is 12.7 Å². The van der Waals surface area contributed by atoms with Gasteiger partial charge in [0.2, 0.25) is 0 Å². The van der Waals surface area contributed by atoms with Crippen molar-refractivity contribution in [2.24, 2.45) is 64.1 Å². The Hall–Kier alpha value is -0.860. The molecule has 222 valence electrons. The summed E-state index contributed by atoms with van der Waals surface area (Å²) in [5, 5.41) is 14.7. The van der Waals surface area contributed by atoms with Gasteiger partial charge in [0, 0.05) is 19.6 Å². The number of carbonyl (C=O) groups is 1. The van der Waals surface area contributed by atoms with Gasteiger partial charge in [0.25, 0.3) is 0 Å². The third-order valence-corrected chi connectivity index (χ3v) is 14.9. The van der Waals surface area contributed by atoms with Crippen LogP contribution in [0.25, 0.3) is 0 Å². The Labute approximate surface area is 236 Å². The van der Waals surface area contributed by atoms with Crippen LogP contribution in [0.5, 0.6) is 0 Å². The van der Waals surface area contributed by atoms with E-state index in [1.807, 2.05) is 0 Å². The molecule has 0 aromatic rings. The molecular weight excluding hydrogens is 510 g/mol. The van der Waals surface area contributed by atoms with Crippen LogP contribution in [0.1, 0.15) is 98.3 Å². The number of carbonyl (C=O) groups excluding carboxylic acids is 1. The van der Waals surface area contributed by atoms with Crippen molar-refractivity contribution in [3.05, 3.63) is 0 Å². The highest BCUT2D eigenvalue weighted by molar-refractivity contribution is 7.87. The number of nitrogens with one attached hydrogen (secondary N) is 2. The third kappa shape index (κ3) is 4.67. The topological polar surface area (TPSA) is 98.7 Å². The highest BCUT2D eigenvalue weighted by Crippen LogP contribution is 2.69. The molecule has 0 aromatic heterocycles. The fourth-order valence-electron chi connectivity index (χ4n) is 11.4. The predicted octanol–water partition coefficient (Wildman–Crippen LogP) is 5.16. The van der Waals surface area contributed by atoms with E-state index in [0.29, 0.717) is 78.3 Å². The van der Waals surface area contributed by atoms with E-state index in [4.69, 9.17) is 0 Å². The highest BCUT2D eigenvalue weighted by Gasteiger charge is 2.64. The maximum Gasteiger partial charge on any atom is 0.329 e. The van der Waals surface area contributed by atoms with E-state index in [1.54, 1.807) is 0 Å². The first-order chi connectivity index (χ1) is 18.5. The second-order valence-corrected chi connectivity index (χ2v) is 16.8. The minimum absolute atomic E-state index is 0.163. The Morgan fingerprint density at radius 2 is 1.72 bits per heavy atom. The molecule has 7 nitrogen and oxygen atoms in total. The molecule has 0 bridgehead atoms. The Bertz CT molecular complexity index is 1040. The van der Waals surface area contributed by atoms with E-state index in [2.05, 4.69) is 37.7 Å². The van der Waals surface area contributed by atoms with Crippen LogP contribution in [0.15, 0.2) is 0 Å². The van der Waals surface area contributed by atoms with E-state index >= 15 is 0 Å². The van der Waals surface area contributed by atoms with Crippen LogP contribution < -0.4 is 10.0 Å². The molecule has 1 heterocycles. The van der Waals surface area contributed by atoms with Gasteiger partial charge >= 0.3 is 16.2 Å². The summed E-state index contributed by atoms with van der Waals surface area (Å²) in [5.41, 5.74) is 0.626. The number of nitrogens with zero attached hydrogens (tertiary/aromatic N) is 1. The Kier molecular flexibility index (Phi) is 7.36. The molecule has 0 radical (unpaired) electrons. The van der Waals surface area contributed by atoms with Gasteiger partial charge < -0.3 is 10.4 Å². The normalized spacial score (nSPS) is 47.9. The van der Waals surface area contributed by atoms with Crippen molar-refractivity contribution in [3.63, 3.8) is 0 Å². The first-order valence-electron chi connectivity index (χ1n) is 16.2. The molecule has 2 unspecified atom stereocenters. The minimum Gasteiger partial charge on any atom is -0.393 e. The molecule has 1 aliphatic heterocycles. The largest absolute Gasteiger partial charge is 0.393 e. The summed E-state index contributed by atoms with van der Waals surface area (Å²) in [4.78, 5) is 12.4. The fraction of sp³-hybridized carbons (Fsp3) is 0.968. The summed E-state index contributed by atoms with van der Waals surface area (Å²) in [5.74, 6) is 4.81. The molecule has 5 aliphatic carbocycles. The van der Waals surface area contributed by atoms with Crippen LogP contribution in [0.3, 0.4) is 0 Å². The number of rotatable bonds is 7. The van der Waals surface area contributed by atoms with Crippen molar-refractivity contribution in [2.45, 2.75) is 104 Å². The monoisotopic (exact) mass is 563 g/mol. The summed E-state index contributed by atoms with van der Waals surface area (Å²) in [6, 6.07) is -0.606. The standard InChI is InChI=1S/C31H53N3O4S/c1-5-22-24-8-6-7-13-30(24,3)26-11-14-31(4)23(9-10-25(31)27(26)28(22)35)19(2)12-15-32-29(36)33-39(37,38)34-17-20-16-21(20)18-34/h19-28,35H,5-18H2,1-4H3,(H2,32,33,36)/t19-,20?,21?,22-,23-,24+,25+,26+,27+,28-,30+,31-/m1/s1. The van der Waals surface area contributed by atoms with Gasteiger partial charge in [0.05, 0.1) is 6.10 Å². The molecule has 0 aromatic carbocycles. The van der Waals surface area contributed by atoms with Gasteiger partial charge in [0.15, 0.2) is 0 Å². The molecular formula is C31H53N3O4S. The van der Waals surface area contributed by atoms with Crippen LogP contribution in [0.4, 0.5) is 4.79 Å². The van der Waals surface area contributed by atoms with Crippen molar-refractivity contribution < 1.29 is 18.3 Å². The quantitative estimate of drug-likeness (QED) is 0.398. The summed E-state index contributed by atoms with van der Waals surface area (Å²) in [7, 11) is -3.74. The number of urea groups is 1. The Balaban J connectivity index is 1.07. The van der Waals surface area contributed by atoms with E-state index in [0.717, 1.165) is 19.3 Å². The molecule has 1 saturated heterocycles. The summed E-state index contributed by atoms with van der Waals surface area (Å²) in [6.07, 6.45) is 13.1. The number of aliphatic hydroxyl groups excluding tert-OH is 1. The average molecular weight is 564 g/mol. The lowest BCUT2D eigenvalue weighted by atomic mass is 9.41. The first kappa shape index (κ1) is 28.3. The van der Waals surface area contributed by atoms with Crippen molar-refractivity contribution in [1.29, 1.82) is 0 Å². The molecule has 6 aliphatic rings. The predicted molar refractivity (Wildman–Crippen MR) is 153 cm³/mol. The van der Waals surface area contributed by atoms with Crippen LogP contribution >= 0.6 is 0 Å². The first-order valence-corrected chi connectivity index (χ1v) is 17.7. The summed E-state index contributed by atoms with van der Waals surface area (Å²) < 4.78 is 28.7. The van der Waals surface area contributed by atoms with E-state index in [9.17, 15) is 18.3 Å². The van der Waals surface area contributed by atoms with Gasteiger partial charge in [-0.3, -0.25) is 0 Å². The van der Waals surface area contributed by atoms with Gasteiger partial charge in [-0.15, -0.1) is 0 Å². The summed E-state index contributed by atoms with van der Waals surface area (Å²) in [6.45, 7) is 11.3. The zero-order valence-corrected chi connectivity index (χ0v) is 25.5. The van der Waals surface area contributed by atoms with E-state index < -0.39 is 16.2 Å². The van der Waals surface area contributed by atoms with E-state index in [1.165, 1.54) is 55.7 Å².